The molecule has 0 saturated carbocycles. The number of carbonyl (C=O) groups is 1. The van der Waals surface area contributed by atoms with Crippen LogP contribution in [0.1, 0.15) is 20.8 Å². The van der Waals surface area contributed by atoms with Crippen molar-refractivity contribution < 1.29 is 9.90 Å². The van der Waals surface area contributed by atoms with Gasteiger partial charge in [0.1, 0.15) is 11.2 Å². The number of carbonyl (C=O) groups excluding carboxylic acids is 1. The number of aliphatic hydroxyl groups excluding tert-OH is 1. The smallest absolute Gasteiger partial charge is 0.263 e. The van der Waals surface area contributed by atoms with E-state index in [1.807, 2.05) is 35.7 Å². The molecule has 2 N–H and O–H groups in total. The van der Waals surface area contributed by atoms with E-state index in [0.29, 0.717) is 17.1 Å². The fourth-order valence-electron chi connectivity index (χ4n) is 2.14. The third kappa shape index (κ3) is 3.61. The molecule has 2 aromatic heterocycles. The van der Waals surface area contributed by atoms with Crippen molar-refractivity contribution in [3.05, 3.63) is 58.0 Å². The Morgan fingerprint density at radius 1 is 1.22 bits per heavy atom. The van der Waals surface area contributed by atoms with Crippen molar-refractivity contribution in [2.24, 2.45) is 0 Å². The number of aliphatic hydroxyl groups is 1. The highest BCUT2D eigenvalue weighted by Crippen LogP contribution is 2.19. The highest BCUT2D eigenvalue weighted by atomic mass is 32.1. The number of nitrogens with zero attached hydrogens (tertiary/aromatic N) is 4. The average molecular weight is 329 g/mol. The van der Waals surface area contributed by atoms with Crippen LogP contribution >= 0.6 is 11.3 Å². The Bertz CT molecular complexity index is 768. The minimum Gasteiger partial charge on any atom is -0.392 e. The van der Waals surface area contributed by atoms with Crippen LogP contribution in [0.15, 0.2) is 42.0 Å². The van der Waals surface area contributed by atoms with Crippen molar-refractivity contribution in [1.82, 2.24) is 25.5 Å². The molecule has 0 bridgehead atoms. The minimum absolute atomic E-state index is 0.0370. The van der Waals surface area contributed by atoms with Gasteiger partial charge in [0.15, 0.2) is 0 Å². The highest BCUT2D eigenvalue weighted by Gasteiger charge is 2.15. The Balaban J connectivity index is 1.58. The van der Waals surface area contributed by atoms with Crippen molar-refractivity contribution in [3.63, 3.8) is 0 Å². The fraction of sp³-hybridized carbons (Fsp3) is 0.200. The molecule has 0 aliphatic heterocycles. The second-order valence-corrected chi connectivity index (χ2v) is 5.79. The number of amides is 1. The topological polar surface area (TPSA) is 92.9 Å². The predicted molar refractivity (Wildman–Crippen MR) is 85.4 cm³/mol. The standard InChI is InChI=1S/C15H15N5O2S/c21-9-12-3-1-11(2-4-12)5-7-16-15(22)14-13(6-8-23-14)20-10-17-18-19-20/h1-4,6,8,10,21H,5,7,9H2,(H,16,22). The molecule has 3 rings (SSSR count). The van der Waals surface area contributed by atoms with Gasteiger partial charge in [-0.1, -0.05) is 24.3 Å². The first-order valence-electron chi connectivity index (χ1n) is 7.05. The van der Waals surface area contributed by atoms with Gasteiger partial charge in [0.05, 0.1) is 12.3 Å². The number of hydrogen-bond acceptors (Lipinski definition) is 6. The largest absolute Gasteiger partial charge is 0.392 e. The van der Waals surface area contributed by atoms with Crippen LogP contribution < -0.4 is 5.32 Å². The summed E-state index contributed by atoms with van der Waals surface area (Å²) in [7, 11) is 0. The summed E-state index contributed by atoms with van der Waals surface area (Å²) >= 11 is 1.35. The molecular formula is C15H15N5O2S. The van der Waals surface area contributed by atoms with E-state index in [0.717, 1.165) is 17.5 Å². The van der Waals surface area contributed by atoms with Crippen LogP contribution in [0, 0.1) is 0 Å². The highest BCUT2D eigenvalue weighted by molar-refractivity contribution is 7.12. The van der Waals surface area contributed by atoms with Gasteiger partial charge < -0.3 is 10.4 Å². The molecule has 0 spiro atoms. The summed E-state index contributed by atoms with van der Waals surface area (Å²) in [6.07, 6.45) is 2.19. The van der Waals surface area contributed by atoms with E-state index in [9.17, 15) is 4.79 Å². The Labute approximate surface area is 136 Å². The maximum absolute atomic E-state index is 12.3. The maximum Gasteiger partial charge on any atom is 0.263 e. The summed E-state index contributed by atoms with van der Waals surface area (Å²) in [5.74, 6) is -0.141. The molecule has 2 heterocycles. The van der Waals surface area contributed by atoms with E-state index in [2.05, 4.69) is 20.8 Å². The second kappa shape index (κ2) is 7.12. The van der Waals surface area contributed by atoms with Gasteiger partial charge in [0, 0.05) is 6.54 Å². The lowest BCUT2D eigenvalue weighted by atomic mass is 10.1. The summed E-state index contributed by atoms with van der Waals surface area (Å²) in [6, 6.07) is 9.48. The molecule has 0 aliphatic carbocycles. The molecule has 0 atom stereocenters. The van der Waals surface area contributed by atoms with E-state index >= 15 is 0 Å². The first-order chi connectivity index (χ1) is 11.3. The third-order valence-electron chi connectivity index (χ3n) is 3.35. The molecule has 23 heavy (non-hydrogen) atoms. The first kappa shape index (κ1) is 15.3. The molecule has 0 saturated heterocycles. The molecule has 3 aromatic rings. The zero-order chi connectivity index (χ0) is 16.1. The Kier molecular flexibility index (Phi) is 4.74. The number of tetrazole rings is 1. The fourth-order valence-corrected chi connectivity index (χ4v) is 2.93. The summed E-state index contributed by atoms with van der Waals surface area (Å²) in [4.78, 5) is 12.9. The Morgan fingerprint density at radius 2 is 2.00 bits per heavy atom. The van der Waals surface area contributed by atoms with Crippen LogP contribution in [-0.2, 0) is 13.0 Å². The predicted octanol–water partition coefficient (Wildman–Crippen LogP) is 1.19. The van der Waals surface area contributed by atoms with Gasteiger partial charge in [-0.3, -0.25) is 4.79 Å². The van der Waals surface area contributed by atoms with Crippen molar-refractivity contribution in [2.75, 3.05) is 6.54 Å². The lowest BCUT2D eigenvalue weighted by molar-refractivity contribution is 0.0958. The molecule has 1 amide bonds. The normalized spacial score (nSPS) is 10.7. The molecule has 118 valence electrons. The molecule has 0 radical (unpaired) electrons. The lowest BCUT2D eigenvalue weighted by Gasteiger charge is -2.06. The van der Waals surface area contributed by atoms with E-state index < -0.39 is 0 Å². The molecule has 7 nitrogen and oxygen atoms in total. The van der Waals surface area contributed by atoms with E-state index in [4.69, 9.17) is 5.11 Å². The zero-order valence-electron chi connectivity index (χ0n) is 12.2. The summed E-state index contributed by atoms with van der Waals surface area (Å²) in [5.41, 5.74) is 2.65. The minimum atomic E-state index is -0.141. The summed E-state index contributed by atoms with van der Waals surface area (Å²) in [6.45, 7) is 0.569. The van der Waals surface area contributed by atoms with Crippen molar-refractivity contribution in [2.45, 2.75) is 13.0 Å². The van der Waals surface area contributed by atoms with Crippen molar-refractivity contribution >= 4 is 17.2 Å². The first-order valence-corrected chi connectivity index (χ1v) is 7.93. The summed E-state index contributed by atoms with van der Waals surface area (Å²) in [5, 5.41) is 24.7. The number of hydrogen-bond donors (Lipinski definition) is 2. The number of benzene rings is 1. The van der Waals surface area contributed by atoms with E-state index in [1.165, 1.54) is 22.3 Å². The van der Waals surface area contributed by atoms with Gasteiger partial charge >= 0.3 is 0 Å². The molecule has 0 fully saturated rings. The van der Waals surface area contributed by atoms with Crippen LogP contribution in [0.4, 0.5) is 0 Å². The molecule has 8 heteroatoms. The van der Waals surface area contributed by atoms with Gasteiger partial charge in [-0.25, -0.2) is 0 Å². The Hall–Kier alpha value is -2.58. The van der Waals surface area contributed by atoms with Gasteiger partial charge in [-0.2, -0.15) is 4.68 Å². The third-order valence-corrected chi connectivity index (χ3v) is 4.25. The van der Waals surface area contributed by atoms with Gasteiger partial charge in [-0.15, -0.1) is 16.4 Å². The van der Waals surface area contributed by atoms with Crippen molar-refractivity contribution in [1.29, 1.82) is 0 Å². The van der Waals surface area contributed by atoms with Crippen LogP contribution in [0.25, 0.3) is 5.69 Å². The summed E-state index contributed by atoms with van der Waals surface area (Å²) < 4.78 is 1.47. The number of aromatic nitrogens is 4. The zero-order valence-corrected chi connectivity index (χ0v) is 13.0. The molecule has 1 aromatic carbocycles. The second-order valence-electron chi connectivity index (χ2n) is 4.87. The quantitative estimate of drug-likeness (QED) is 0.708. The number of nitrogens with one attached hydrogen (secondary N) is 1. The molecule has 0 aliphatic rings. The van der Waals surface area contributed by atoms with Crippen LogP contribution in [0.3, 0.4) is 0 Å². The Morgan fingerprint density at radius 3 is 2.70 bits per heavy atom. The van der Waals surface area contributed by atoms with Crippen LogP contribution in [-0.4, -0.2) is 37.8 Å². The lowest BCUT2D eigenvalue weighted by Crippen LogP contribution is -2.25. The molecule has 0 unspecified atom stereocenters. The SMILES string of the molecule is O=C(NCCc1ccc(CO)cc1)c1sccc1-n1cnnn1. The van der Waals surface area contributed by atoms with Crippen LogP contribution in [0.2, 0.25) is 0 Å². The van der Waals surface area contributed by atoms with Crippen LogP contribution in [0.5, 0.6) is 0 Å². The number of thiophene rings is 1. The number of rotatable bonds is 6. The van der Waals surface area contributed by atoms with E-state index in [-0.39, 0.29) is 12.5 Å². The monoisotopic (exact) mass is 329 g/mol. The van der Waals surface area contributed by atoms with E-state index in [1.54, 1.807) is 0 Å². The van der Waals surface area contributed by atoms with Gasteiger partial charge in [-0.05, 0) is 39.4 Å². The van der Waals surface area contributed by atoms with Gasteiger partial charge in [0.25, 0.3) is 5.91 Å². The average Bonchev–Trinajstić information content (AvgIpc) is 3.26. The molecular weight excluding hydrogens is 314 g/mol. The van der Waals surface area contributed by atoms with Crippen molar-refractivity contribution in [3.8, 4) is 5.69 Å². The maximum atomic E-state index is 12.3. The van der Waals surface area contributed by atoms with Gasteiger partial charge in [0.2, 0.25) is 0 Å².